The summed E-state index contributed by atoms with van der Waals surface area (Å²) < 4.78 is 44.9. The Morgan fingerprint density at radius 1 is 1.35 bits per heavy atom. The van der Waals surface area contributed by atoms with Gasteiger partial charge >= 0.3 is 6.18 Å². The molecular weight excluding hydrogens is 314 g/mol. The highest BCUT2D eigenvalue weighted by Crippen LogP contribution is 2.49. The normalized spacial score (nSPS) is 21.4. The number of rotatable bonds is 2. The number of benzene rings is 1. The van der Waals surface area contributed by atoms with Crippen LogP contribution in [0.4, 0.5) is 18.9 Å². The van der Waals surface area contributed by atoms with Crippen molar-refractivity contribution in [2.75, 3.05) is 12.4 Å². The highest BCUT2D eigenvalue weighted by Gasteiger charge is 2.55. The first-order valence-electron chi connectivity index (χ1n) is 5.90. The molecule has 1 heterocycles. The van der Waals surface area contributed by atoms with Crippen molar-refractivity contribution in [3.05, 3.63) is 27.8 Å². The number of anilines is 1. The number of nitrogens with one attached hydrogen (secondary N) is 1. The second kappa shape index (κ2) is 5.04. The molecule has 0 saturated carbocycles. The molecule has 0 aromatic heterocycles. The van der Waals surface area contributed by atoms with E-state index in [0.29, 0.717) is 16.3 Å². The maximum atomic E-state index is 13.2. The molecule has 0 radical (unpaired) electrons. The van der Waals surface area contributed by atoms with Gasteiger partial charge in [-0.2, -0.15) is 13.2 Å². The van der Waals surface area contributed by atoms with Gasteiger partial charge in [0.05, 0.1) is 10.7 Å². The molecule has 2 nitrogen and oxygen atoms in total. The minimum atomic E-state index is -4.53. The third-order valence-electron chi connectivity index (χ3n) is 3.27. The second-order valence-electron chi connectivity index (χ2n) is 4.39. The summed E-state index contributed by atoms with van der Waals surface area (Å²) in [6, 6.07) is 1.51. The zero-order valence-electron chi connectivity index (χ0n) is 10.7. The van der Waals surface area contributed by atoms with Crippen molar-refractivity contribution < 1.29 is 17.9 Å². The van der Waals surface area contributed by atoms with Crippen LogP contribution in [0.1, 0.15) is 18.9 Å². The van der Waals surface area contributed by atoms with Crippen molar-refractivity contribution in [1.82, 2.24) is 0 Å². The smallest absolute Gasteiger partial charge is 0.432 e. The maximum Gasteiger partial charge on any atom is 0.432 e. The summed E-state index contributed by atoms with van der Waals surface area (Å²) >= 11 is 12.1. The Morgan fingerprint density at radius 3 is 2.50 bits per heavy atom. The molecule has 1 unspecified atom stereocenters. The van der Waals surface area contributed by atoms with Crippen molar-refractivity contribution in [3.63, 3.8) is 0 Å². The van der Waals surface area contributed by atoms with Gasteiger partial charge in [-0.15, -0.1) is 0 Å². The van der Waals surface area contributed by atoms with Crippen LogP contribution in [0.2, 0.25) is 10.0 Å². The van der Waals surface area contributed by atoms with Gasteiger partial charge in [0.2, 0.25) is 5.60 Å². The lowest BCUT2D eigenvalue weighted by molar-refractivity contribution is -0.230. The van der Waals surface area contributed by atoms with E-state index < -0.39 is 11.8 Å². The lowest BCUT2D eigenvalue weighted by Crippen LogP contribution is -2.49. The van der Waals surface area contributed by atoms with E-state index in [1.165, 1.54) is 19.1 Å². The highest BCUT2D eigenvalue weighted by atomic mass is 35.5. The SMILES string of the molecule is CCC1(C(F)(F)F)C=Cc2cc(Cl)c(NC)c(Cl)c2O1. The molecule has 1 aromatic rings. The molecule has 0 fully saturated rings. The average molecular weight is 326 g/mol. The molecule has 0 bridgehead atoms. The van der Waals surface area contributed by atoms with E-state index in [1.807, 2.05) is 0 Å². The van der Waals surface area contributed by atoms with Crippen LogP contribution in [-0.2, 0) is 0 Å². The van der Waals surface area contributed by atoms with Crippen molar-refractivity contribution in [3.8, 4) is 5.75 Å². The zero-order valence-corrected chi connectivity index (χ0v) is 12.2. The number of alkyl halides is 3. The Bertz CT molecular complexity index is 572. The zero-order chi connectivity index (χ0) is 15.1. The van der Waals surface area contributed by atoms with Gasteiger partial charge in [0.15, 0.2) is 0 Å². The molecule has 2 rings (SSSR count). The van der Waals surface area contributed by atoms with E-state index in [-0.39, 0.29) is 17.2 Å². The van der Waals surface area contributed by atoms with Gasteiger partial charge in [-0.3, -0.25) is 0 Å². The van der Waals surface area contributed by atoms with Gasteiger partial charge in [-0.05, 0) is 18.6 Å². The summed E-state index contributed by atoms with van der Waals surface area (Å²) in [6.07, 6.45) is -2.44. The van der Waals surface area contributed by atoms with Crippen LogP contribution in [0.5, 0.6) is 5.75 Å². The fourth-order valence-corrected chi connectivity index (χ4v) is 2.76. The first-order valence-corrected chi connectivity index (χ1v) is 6.66. The minimum absolute atomic E-state index is 0.0120. The Labute approximate surface area is 124 Å². The lowest BCUT2D eigenvalue weighted by Gasteiger charge is -2.36. The highest BCUT2D eigenvalue weighted by molar-refractivity contribution is 6.40. The Balaban J connectivity index is 2.60. The molecular formula is C13H12Cl2F3NO. The summed E-state index contributed by atoms with van der Waals surface area (Å²) in [5.41, 5.74) is -1.59. The van der Waals surface area contributed by atoms with E-state index in [9.17, 15) is 13.2 Å². The molecule has 0 aliphatic carbocycles. The lowest BCUT2D eigenvalue weighted by atomic mass is 9.94. The summed E-state index contributed by atoms with van der Waals surface area (Å²) in [5, 5.41) is 3.11. The fraction of sp³-hybridized carbons (Fsp3) is 0.385. The second-order valence-corrected chi connectivity index (χ2v) is 5.18. The number of hydrogen-bond donors (Lipinski definition) is 1. The minimum Gasteiger partial charge on any atom is -0.471 e. The molecule has 7 heteroatoms. The van der Waals surface area contributed by atoms with Gasteiger partial charge in [0.1, 0.15) is 10.8 Å². The van der Waals surface area contributed by atoms with Crippen molar-refractivity contribution in [2.24, 2.45) is 0 Å². The maximum absolute atomic E-state index is 13.2. The standard InChI is InChI=1S/C13H12Cl2F3NO/c1-3-12(13(16,17)18)5-4-7-6-8(14)10(19-2)9(15)11(7)20-12/h4-6,19H,3H2,1-2H3. The van der Waals surface area contributed by atoms with E-state index >= 15 is 0 Å². The van der Waals surface area contributed by atoms with Crippen molar-refractivity contribution >= 4 is 35.0 Å². The Kier molecular flexibility index (Phi) is 3.86. The van der Waals surface area contributed by atoms with Crippen LogP contribution in [0.15, 0.2) is 12.1 Å². The number of fused-ring (bicyclic) bond motifs is 1. The van der Waals surface area contributed by atoms with E-state index in [1.54, 1.807) is 7.05 Å². The summed E-state index contributed by atoms with van der Waals surface area (Å²) in [4.78, 5) is 0. The van der Waals surface area contributed by atoms with Gasteiger partial charge in [0, 0.05) is 12.6 Å². The van der Waals surface area contributed by atoms with Crippen LogP contribution >= 0.6 is 23.2 Å². The van der Waals surface area contributed by atoms with Gasteiger partial charge in [0.25, 0.3) is 0 Å². The van der Waals surface area contributed by atoms with Crippen LogP contribution in [0.25, 0.3) is 6.08 Å². The van der Waals surface area contributed by atoms with Crippen molar-refractivity contribution in [1.29, 1.82) is 0 Å². The molecule has 20 heavy (non-hydrogen) atoms. The number of hydrogen-bond acceptors (Lipinski definition) is 2. The molecule has 0 saturated heterocycles. The molecule has 1 atom stereocenters. The third-order valence-corrected chi connectivity index (χ3v) is 3.93. The molecule has 0 amide bonds. The molecule has 1 aliphatic heterocycles. The summed E-state index contributed by atoms with van der Waals surface area (Å²) in [5.74, 6) is -0.0120. The van der Waals surface area contributed by atoms with Gasteiger partial charge < -0.3 is 10.1 Å². The Morgan fingerprint density at radius 2 is 2.00 bits per heavy atom. The molecule has 1 aromatic carbocycles. The molecule has 1 N–H and O–H groups in total. The number of ether oxygens (including phenoxy) is 1. The molecule has 1 aliphatic rings. The largest absolute Gasteiger partial charge is 0.471 e. The van der Waals surface area contributed by atoms with Gasteiger partial charge in [-0.1, -0.05) is 36.2 Å². The van der Waals surface area contributed by atoms with Crippen molar-refractivity contribution in [2.45, 2.75) is 25.1 Å². The predicted octanol–water partition coefficient (Wildman–Crippen LogP) is 5.15. The van der Waals surface area contributed by atoms with E-state index in [2.05, 4.69) is 5.32 Å². The average Bonchev–Trinajstić information content (AvgIpc) is 2.37. The first kappa shape index (κ1) is 15.3. The quantitative estimate of drug-likeness (QED) is 0.811. The fourth-order valence-electron chi connectivity index (χ4n) is 2.06. The number of halogens is 5. The molecule has 110 valence electrons. The van der Waals surface area contributed by atoms with E-state index in [4.69, 9.17) is 27.9 Å². The van der Waals surface area contributed by atoms with Crippen LogP contribution < -0.4 is 10.1 Å². The summed E-state index contributed by atoms with van der Waals surface area (Å²) in [6.45, 7) is 1.41. The van der Waals surface area contributed by atoms with Crippen LogP contribution in [0.3, 0.4) is 0 Å². The predicted molar refractivity (Wildman–Crippen MR) is 74.7 cm³/mol. The third kappa shape index (κ3) is 2.23. The van der Waals surface area contributed by atoms with Gasteiger partial charge in [-0.25, -0.2) is 0 Å². The van der Waals surface area contributed by atoms with Crippen LogP contribution in [0, 0.1) is 0 Å². The molecule has 0 spiro atoms. The van der Waals surface area contributed by atoms with Crippen LogP contribution in [-0.4, -0.2) is 18.8 Å². The monoisotopic (exact) mass is 325 g/mol. The topological polar surface area (TPSA) is 21.3 Å². The summed E-state index contributed by atoms with van der Waals surface area (Å²) in [7, 11) is 1.58. The van der Waals surface area contributed by atoms with E-state index in [0.717, 1.165) is 6.08 Å². The Hall–Kier alpha value is -1.07. The first-order chi connectivity index (χ1) is 9.25.